The summed E-state index contributed by atoms with van der Waals surface area (Å²) in [5, 5.41) is 9.32. The van der Waals surface area contributed by atoms with Crippen molar-refractivity contribution in [2.24, 2.45) is 0 Å². The van der Waals surface area contributed by atoms with Crippen molar-refractivity contribution in [1.82, 2.24) is 0 Å². The summed E-state index contributed by atoms with van der Waals surface area (Å²) in [7, 11) is 1.93. The van der Waals surface area contributed by atoms with Crippen LogP contribution in [0.5, 0.6) is 0 Å². The number of benzene rings is 2. The average Bonchev–Trinajstić information content (AvgIpc) is 2.77. The third kappa shape index (κ3) is 3.47. The third-order valence-electron chi connectivity index (χ3n) is 4.79. The summed E-state index contributed by atoms with van der Waals surface area (Å²) in [6, 6.07) is 11.6. The maximum Gasteiger partial charge on any atom is 0.416 e. The van der Waals surface area contributed by atoms with Crippen molar-refractivity contribution in [3.05, 3.63) is 59.2 Å². The quantitative estimate of drug-likeness (QED) is 0.742. The predicted molar refractivity (Wildman–Crippen MR) is 96.8 cm³/mol. The second-order valence-electron chi connectivity index (χ2n) is 6.59. The Morgan fingerprint density at radius 3 is 2.48 bits per heavy atom. The number of nitrogens with zero attached hydrogens (tertiary/aromatic N) is 3. The van der Waals surface area contributed by atoms with Crippen LogP contribution in [-0.2, 0) is 6.18 Å². The monoisotopic (exact) mass is 373 g/mol. The minimum absolute atomic E-state index is 0.0308. The normalized spacial score (nSPS) is 17.1. The first-order valence-electron chi connectivity index (χ1n) is 8.49. The van der Waals surface area contributed by atoms with Crippen LogP contribution in [0.2, 0.25) is 0 Å². The van der Waals surface area contributed by atoms with Gasteiger partial charge in [-0.1, -0.05) is 12.1 Å². The number of carbonyl (C=O) groups excluding carboxylic acids is 1. The highest BCUT2D eigenvalue weighted by atomic mass is 19.4. The van der Waals surface area contributed by atoms with E-state index in [4.69, 9.17) is 0 Å². The summed E-state index contributed by atoms with van der Waals surface area (Å²) >= 11 is 0. The molecule has 2 aromatic rings. The van der Waals surface area contributed by atoms with Crippen LogP contribution in [0.4, 0.5) is 24.5 Å². The molecule has 1 atom stereocenters. The van der Waals surface area contributed by atoms with Gasteiger partial charge in [-0.25, -0.2) is 0 Å². The molecule has 0 N–H and O–H groups in total. The van der Waals surface area contributed by atoms with Gasteiger partial charge in [-0.3, -0.25) is 4.79 Å². The number of anilines is 2. The fraction of sp³-hybridized carbons (Fsp3) is 0.300. The zero-order valence-corrected chi connectivity index (χ0v) is 14.9. The lowest BCUT2D eigenvalue weighted by Crippen LogP contribution is -2.39. The Morgan fingerprint density at radius 1 is 1.19 bits per heavy atom. The number of halogens is 3. The Labute approximate surface area is 155 Å². The van der Waals surface area contributed by atoms with Crippen molar-refractivity contribution >= 4 is 17.3 Å². The van der Waals surface area contributed by atoms with Crippen LogP contribution < -0.4 is 9.80 Å². The highest BCUT2D eigenvalue weighted by molar-refractivity contribution is 6.09. The van der Waals surface area contributed by atoms with Crippen molar-refractivity contribution in [2.75, 3.05) is 23.4 Å². The minimum Gasteiger partial charge on any atom is -0.373 e. The van der Waals surface area contributed by atoms with Crippen LogP contribution in [0, 0.1) is 11.3 Å². The second kappa shape index (κ2) is 6.95. The maximum atomic E-state index is 13.2. The number of hydrogen-bond donors (Lipinski definition) is 0. The average molecular weight is 373 g/mol. The molecule has 1 amide bonds. The van der Waals surface area contributed by atoms with E-state index in [0.717, 1.165) is 30.4 Å². The number of para-hydroxylation sites is 2. The van der Waals surface area contributed by atoms with Gasteiger partial charge in [0.05, 0.1) is 34.1 Å². The lowest BCUT2D eigenvalue weighted by atomic mass is 10.0. The van der Waals surface area contributed by atoms with Crippen LogP contribution in [0.25, 0.3) is 0 Å². The molecule has 140 valence electrons. The molecule has 0 saturated heterocycles. The minimum atomic E-state index is -4.57. The molecule has 0 saturated carbocycles. The number of nitriles is 1. The zero-order valence-electron chi connectivity index (χ0n) is 14.9. The summed E-state index contributed by atoms with van der Waals surface area (Å²) < 4.78 is 38.8. The molecule has 3 rings (SSSR count). The molecular formula is C20H18F3N3O. The standard InChI is InChI=1S/C20H18F3N3O/c1-13-9-10-25(2)17-5-3-4-6-18(17)26(13)19(27)16-8-7-15(20(21,22)23)11-14(16)12-24/h3-8,11,13H,9-10H2,1-2H3/t13-/m1/s1. The molecule has 1 aliphatic rings. The van der Waals surface area contributed by atoms with Crippen LogP contribution >= 0.6 is 0 Å². The van der Waals surface area contributed by atoms with Gasteiger partial charge in [0.1, 0.15) is 0 Å². The first-order chi connectivity index (χ1) is 12.7. The Hall–Kier alpha value is -3.01. The van der Waals surface area contributed by atoms with Crippen molar-refractivity contribution in [3.63, 3.8) is 0 Å². The van der Waals surface area contributed by atoms with Gasteiger partial charge < -0.3 is 9.80 Å². The van der Waals surface area contributed by atoms with Gasteiger partial charge >= 0.3 is 6.18 Å². The zero-order chi connectivity index (χ0) is 19.8. The van der Waals surface area contributed by atoms with Gasteiger partial charge in [0.25, 0.3) is 5.91 Å². The summed E-state index contributed by atoms with van der Waals surface area (Å²) in [6.45, 7) is 2.63. The van der Waals surface area contributed by atoms with E-state index in [9.17, 15) is 23.2 Å². The summed E-state index contributed by atoms with van der Waals surface area (Å²) in [5.41, 5.74) is 0.285. The Balaban J connectivity index is 2.10. The molecule has 0 fully saturated rings. The van der Waals surface area contributed by atoms with Crippen molar-refractivity contribution in [2.45, 2.75) is 25.6 Å². The fourth-order valence-electron chi connectivity index (χ4n) is 3.30. The molecule has 27 heavy (non-hydrogen) atoms. The van der Waals surface area contributed by atoms with E-state index in [2.05, 4.69) is 0 Å². The van der Waals surface area contributed by atoms with Gasteiger partial charge in [0.15, 0.2) is 0 Å². The molecule has 0 radical (unpaired) electrons. The molecule has 7 heteroatoms. The lowest BCUT2D eigenvalue weighted by molar-refractivity contribution is -0.137. The number of hydrogen-bond acceptors (Lipinski definition) is 3. The Bertz CT molecular complexity index is 917. The maximum absolute atomic E-state index is 13.2. The van der Waals surface area contributed by atoms with Crippen LogP contribution in [0.3, 0.4) is 0 Å². The van der Waals surface area contributed by atoms with E-state index in [-0.39, 0.29) is 17.2 Å². The summed E-state index contributed by atoms with van der Waals surface area (Å²) in [4.78, 5) is 16.9. The number of alkyl halides is 3. The molecular weight excluding hydrogens is 355 g/mol. The fourth-order valence-corrected chi connectivity index (χ4v) is 3.30. The molecule has 0 unspecified atom stereocenters. The Morgan fingerprint density at radius 2 is 1.85 bits per heavy atom. The van der Waals surface area contributed by atoms with E-state index in [1.807, 2.05) is 43.1 Å². The topological polar surface area (TPSA) is 47.3 Å². The van der Waals surface area contributed by atoms with E-state index in [1.165, 1.54) is 0 Å². The van der Waals surface area contributed by atoms with Gasteiger partial charge in [-0.2, -0.15) is 18.4 Å². The second-order valence-corrected chi connectivity index (χ2v) is 6.59. The van der Waals surface area contributed by atoms with E-state index in [1.54, 1.807) is 11.0 Å². The largest absolute Gasteiger partial charge is 0.416 e. The first kappa shape index (κ1) is 18.8. The molecule has 0 bridgehead atoms. The van der Waals surface area contributed by atoms with Gasteiger partial charge in [0.2, 0.25) is 0 Å². The number of rotatable bonds is 1. The van der Waals surface area contributed by atoms with Gasteiger partial charge in [-0.15, -0.1) is 0 Å². The summed E-state index contributed by atoms with van der Waals surface area (Å²) in [6.07, 6.45) is -3.88. The molecule has 0 aromatic heterocycles. The first-order valence-corrected chi connectivity index (χ1v) is 8.49. The van der Waals surface area contributed by atoms with Gasteiger partial charge in [-0.05, 0) is 43.7 Å². The van der Waals surface area contributed by atoms with Crippen LogP contribution in [0.15, 0.2) is 42.5 Å². The molecule has 1 heterocycles. The van der Waals surface area contributed by atoms with E-state index < -0.39 is 17.6 Å². The van der Waals surface area contributed by atoms with E-state index >= 15 is 0 Å². The number of fused-ring (bicyclic) bond motifs is 1. The molecule has 1 aliphatic heterocycles. The van der Waals surface area contributed by atoms with Crippen molar-refractivity contribution in [1.29, 1.82) is 5.26 Å². The number of carbonyl (C=O) groups is 1. The lowest BCUT2D eigenvalue weighted by Gasteiger charge is -2.29. The smallest absolute Gasteiger partial charge is 0.373 e. The molecule has 2 aromatic carbocycles. The van der Waals surface area contributed by atoms with Crippen molar-refractivity contribution in [3.8, 4) is 6.07 Å². The van der Waals surface area contributed by atoms with Crippen molar-refractivity contribution < 1.29 is 18.0 Å². The molecule has 0 aliphatic carbocycles. The van der Waals surface area contributed by atoms with Crippen LogP contribution in [-0.4, -0.2) is 25.5 Å². The number of amides is 1. The van der Waals surface area contributed by atoms with Gasteiger partial charge in [0, 0.05) is 19.6 Å². The SMILES string of the molecule is C[C@@H]1CCN(C)c2ccccc2N1C(=O)c1ccc(C(F)(F)F)cc1C#N. The summed E-state index contributed by atoms with van der Waals surface area (Å²) in [5.74, 6) is -0.476. The third-order valence-corrected chi connectivity index (χ3v) is 4.79. The highest BCUT2D eigenvalue weighted by Crippen LogP contribution is 2.36. The van der Waals surface area contributed by atoms with E-state index in [0.29, 0.717) is 12.1 Å². The molecule has 4 nitrogen and oxygen atoms in total. The highest BCUT2D eigenvalue weighted by Gasteiger charge is 2.34. The molecule has 0 spiro atoms. The predicted octanol–water partition coefficient (Wildman–Crippen LogP) is 4.45. The van der Waals surface area contributed by atoms with Crippen LogP contribution in [0.1, 0.15) is 34.8 Å². The Kier molecular flexibility index (Phi) is 4.83.